The summed E-state index contributed by atoms with van der Waals surface area (Å²) in [6, 6.07) is 3.25. The third kappa shape index (κ3) is 1.66. The Hall–Kier alpha value is -1.20. The van der Waals surface area contributed by atoms with Gasteiger partial charge in [-0.25, -0.2) is 4.79 Å². The molecule has 0 fully saturated rings. The highest BCUT2D eigenvalue weighted by Crippen LogP contribution is 2.35. The molecule has 0 atom stereocenters. The lowest BCUT2D eigenvalue weighted by Crippen LogP contribution is -2.01. The topological polar surface area (TPSA) is 62.3 Å². The molecule has 0 saturated carbocycles. The summed E-state index contributed by atoms with van der Waals surface area (Å²) >= 11 is 9.14. The third-order valence-corrected chi connectivity index (χ3v) is 3.40. The Morgan fingerprint density at radius 2 is 2.25 bits per heavy atom. The van der Waals surface area contributed by atoms with Crippen LogP contribution < -0.4 is 0 Å². The molecule has 2 rings (SSSR count). The molecule has 16 heavy (non-hydrogen) atoms. The Morgan fingerprint density at radius 1 is 1.56 bits per heavy atom. The number of aromatic amines is 1. The van der Waals surface area contributed by atoms with Crippen molar-refractivity contribution >= 4 is 44.4 Å². The molecule has 0 unspecified atom stereocenters. The number of benzene rings is 1. The van der Waals surface area contributed by atoms with Gasteiger partial charge in [-0.3, -0.25) is 0 Å². The molecule has 0 aliphatic carbocycles. The molecule has 2 N–H and O–H groups in total. The number of ether oxygens (including phenoxy) is 1. The highest BCUT2D eigenvalue weighted by Gasteiger charge is 2.18. The van der Waals surface area contributed by atoms with Crippen LogP contribution in [-0.2, 0) is 4.74 Å². The number of H-pyrrole nitrogens is 1. The van der Waals surface area contributed by atoms with Gasteiger partial charge in [0.15, 0.2) is 11.4 Å². The van der Waals surface area contributed by atoms with Crippen molar-refractivity contribution in [2.45, 2.75) is 0 Å². The van der Waals surface area contributed by atoms with Crippen LogP contribution >= 0.6 is 27.5 Å². The van der Waals surface area contributed by atoms with Crippen LogP contribution in [-0.4, -0.2) is 23.2 Å². The van der Waals surface area contributed by atoms with E-state index in [1.807, 2.05) is 0 Å². The second-order valence-electron chi connectivity index (χ2n) is 3.15. The Morgan fingerprint density at radius 3 is 2.88 bits per heavy atom. The summed E-state index contributed by atoms with van der Waals surface area (Å²) in [7, 11) is 1.25. The molecular formula is C10H7BrClNO3. The molecule has 4 nitrogen and oxygen atoms in total. The maximum atomic E-state index is 11.3. The lowest BCUT2D eigenvalue weighted by Gasteiger charge is -1.96. The first-order valence-corrected chi connectivity index (χ1v) is 5.49. The molecule has 6 heteroatoms. The lowest BCUT2D eigenvalue weighted by atomic mass is 10.2. The van der Waals surface area contributed by atoms with Crippen molar-refractivity contribution in [3.8, 4) is 5.75 Å². The molecule has 0 aliphatic heterocycles. The average Bonchev–Trinajstić information content (AvgIpc) is 2.56. The second-order valence-corrected chi connectivity index (χ2v) is 4.41. The second kappa shape index (κ2) is 3.99. The Balaban J connectivity index is 2.73. The van der Waals surface area contributed by atoms with Crippen molar-refractivity contribution in [3.05, 3.63) is 27.3 Å². The zero-order valence-corrected chi connectivity index (χ0v) is 10.5. The van der Waals surface area contributed by atoms with Gasteiger partial charge in [0.2, 0.25) is 0 Å². The first kappa shape index (κ1) is 11.3. The number of hydrogen-bond acceptors (Lipinski definition) is 3. The number of carbonyl (C=O) groups excluding carboxylic acids is 1. The average molecular weight is 305 g/mol. The summed E-state index contributed by atoms with van der Waals surface area (Å²) < 4.78 is 5.18. The highest BCUT2D eigenvalue weighted by atomic mass is 79.9. The fourth-order valence-electron chi connectivity index (χ4n) is 1.42. The van der Waals surface area contributed by atoms with E-state index in [-0.39, 0.29) is 11.4 Å². The summed E-state index contributed by atoms with van der Waals surface area (Å²) in [6.07, 6.45) is 0. The number of aromatic hydroxyl groups is 1. The molecule has 84 valence electrons. The molecule has 0 radical (unpaired) electrons. The molecule has 0 aliphatic rings. The quantitative estimate of drug-likeness (QED) is 0.796. The van der Waals surface area contributed by atoms with Crippen molar-refractivity contribution < 1.29 is 14.6 Å². The van der Waals surface area contributed by atoms with Crippen LogP contribution in [0.1, 0.15) is 10.5 Å². The van der Waals surface area contributed by atoms with Gasteiger partial charge in [-0.15, -0.1) is 0 Å². The standard InChI is InChI=1S/C10H7BrClNO3/c1-16-10(15)8-9(14)4-2-5(11)6(12)3-7(4)13-8/h2-3,13-14H,1H3. The fourth-order valence-corrected chi connectivity index (χ4v) is 1.93. The Labute approximate surface area is 104 Å². The zero-order chi connectivity index (χ0) is 11.9. The maximum Gasteiger partial charge on any atom is 0.358 e. The largest absolute Gasteiger partial charge is 0.505 e. The molecule has 1 aromatic carbocycles. The van der Waals surface area contributed by atoms with E-state index in [1.54, 1.807) is 12.1 Å². The maximum absolute atomic E-state index is 11.3. The summed E-state index contributed by atoms with van der Waals surface area (Å²) in [5.74, 6) is -0.764. The van der Waals surface area contributed by atoms with E-state index in [9.17, 15) is 9.90 Å². The van der Waals surface area contributed by atoms with E-state index in [2.05, 4.69) is 25.7 Å². The minimum atomic E-state index is -0.624. The van der Waals surface area contributed by atoms with Crippen LogP contribution in [0, 0.1) is 0 Å². The predicted molar refractivity (Wildman–Crippen MR) is 64.0 cm³/mol. The van der Waals surface area contributed by atoms with E-state index in [4.69, 9.17) is 11.6 Å². The van der Waals surface area contributed by atoms with E-state index in [0.29, 0.717) is 20.4 Å². The number of methoxy groups -OCH3 is 1. The number of rotatable bonds is 1. The van der Waals surface area contributed by atoms with Crippen LogP contribution in [0.25, 0.3) is 10.9 Å². The molecule has 0 spiro atoms. The molecule has 0 amide bonds. The van der Waals surface area contributed by atoms with Crippen LogP contribution in [0.2, 0.25) is 5.02 Å². The van der Waals surface area contributed by atoms with Crippen molar-refractivity contribution in [1.29, 1.82) is 0 Å². The predicted octanol–water partition coefficient (Wildman–Crippen LogP) is 3.08. The SMILES string of the molecule is COC(=O)c1[nH]c2cc(Cl)c(Br)cc2c1O. The van der Waals surface area contributed by atoms with Crippen molar-refractivity contribution in [2.75, 3.05) is 7.11 Å². The van der Waals surface area contributed by atoms with Crippen molar-refractivity contribution in [3.63, 3.8) is 0 Å². The van der Waals surface area contributed by atoms with E-state index in [1.165, 1.54) is 7.11 Å². The van der Waals surface area contributed by atoms with Gasteiger partial charge in [0.1, 0.15) is 0 Å². The Bertz CT molecular complexity index is 579. The number of carbonyl (C=O) groups is 1. The van der Waals surface area contributed by atoms with E-state index in [0.717, 1.165) is 0 Å². The van der Waals surface area contributed by atoms with E-state index >= 15 is 0 Å². The zero-order valence-electron chi connectivity index (χ0n) is 8.17. The number of hydrogen-bond donors (Lipinski definition) is 2. The third-order valence-electron chi connectivity index (χ3n) is 2.20. The van der Waals surface area contributed by atoms with Crippen molar-refractivity contribution in [1.82, 2.24) is 4.98 Å². The molecule has 1 aromatic heterocycles. The van der Waals surface area contributed by atoms with Crippen LogP contribution in [0.4, 0.5) is 0 Å². The van der Waals surface area contributed by atoms with Crippen LogP contribution in [0.5, 0.6) is 5.75 Å². The van der Waals surface area contributed by atoms with E-state index < -0.39 is 5.97 Å². The summed E-state index contributed by atoms with van der Waals surface area (Å²) in [5.41, 5.74) is 0.595. The van der Waals surface area contributed by atoms with Gasteiger partial charge in [-0.2, -0.15) is 0 Å². The monoisotopic (exact) mass is 303 g/mol. The van der Waals surface area contributed by atoms with Gasteiger partial charge >= 0.3 is 5.97 Å². The first-order chi connectivity index (χ1) is 7.54. The van der Waals surface area contributed by atoms with Gasteiger partial charge < -0.3 is 14.8 Å². The molecule has 0 saturated heterocycles. The van der Waals surface area contributed by atoms with Gasteiger partial charge in [0, 0.05) is 9.86 Å². The minimum absolute atomic E-state index is 0.0201. The summed E-state index contributed by atoms with van der Waals surface area (Å²) in [4.78, 5) is 14.1. The molecular weight excluding hydrogens is 297 g/mol. The highest BCUT2D eigenvalue weighted by molar-refractivity contribution is 9.10. The van der Waals surface area contributed by atoms with Crippen LogP contribution in [0.3, 0.4) is 0 Å². The Kier molecular flexibility index (Phi) is 2.82. The smallest absolute Gasteiger partial charge is 0.358 e. The summed E-state index contributed by atoms with van der Waals surface area (Å²) in [5, 5.41) is 10.8. The molecule has 1 heterocycles. The first-order valence-electron chi connectivity index (χ1n) is 4.32. The van der Waals surface area contributed by atoms with Gasteiger partial charge in [0.05, 0.1) is 17.6 Å². The number of nitrogens with one attached hydrogen (secondary N) is 1. The number of esters is 1. The van der Waals surface area contributed by atoms with Gasteiger partial charge in [-0.1, -0.05) is 11.6 Å². The molecule has 2 aromatic rings. The van der Waals surface area contributed by atoms with Crippen LogP contribution in [0.15, 0.2) is 16.6 Å². The summed E-state index contributed by atoms with van der Waals surface area (Å²) in [6.45, 7) is 0. The normalized spacial score (nSPS) is 10.7. The van der Waals surface area contributed by atoms with Gasteiger partial charge in [-0.05, 0) is 28.1 Å². The number of aromatic nitrogens is 1. The molecule has 0 bridgehead atoms. The van der Waals surface area contributed by atoms with Crippen molar-refractivity contribution in [2.24, 2.45) is 0 Å². The van der Waals surface area contributed by atoms with Gasteiger partial charge in [0.25, 0.3) is 0 Å². The lowest BCUT2D eigenvalue weighted by molar-refractivity contribution is 0.0592. The minimum Gasteiger partial charge on any atom is -0.505 e. The number of fused-ring (bicyclic) bond motifs is 1. The number of halogens is 2. The fraction of sp³-hybridized carbons (Fsp3) is 0.100.